The van der Waals surface area contributed by atoms with Crippen LogP contribution in [-0.4, -0.2) is 44.8 Å². The first-order valence-electron chi connectivity index (χ1n) is 8.71. The van der Waals surface area contributed by atoms with Gasteiger partial charge in [0.25, 0.3) is 0 Å². The molecule has 0 heterocycles. The maximum absolute atomic E-state index is 12.1. The molecule has 0 aliphatic carbocycles. The van der Waals surface area contributed by atoms with Crippen LogP contribution in [0.3, 0.4) is 0 Å². The molecule has 7 heteroatoms. The molecule has 0 aromatic heterocycles. The molecule has 1 rings (SSSR count). The van der Waals surface area contributed by atoms with Crippen molar-refractivity contribution in [1.29, 1.82) is 0 Å². The SMILES string of the molecule is CCC(OC(=O)c1ccc(NCCCCCC(=O)OC)cc1)C(=O)OC. The van der Waals surface area contributed by atoms with Crippen molar-refractivity contribution in [3.8, 4) is 0 Å². The van der Waals surface area contributed by atoms with E-state index < -0.39 is 18.0 Å². The molecule has 1 atom stereocenters. The number of unbranched alkanes of at least 4 members (excludes halogenated alkanes) is 2. The van der Waals surface area contributed by atoms with E-state index in [4.69, 9.17) is 4.74 Å². The van der Waals surface area contributed by atoms with Gasteiger partial charge in [0, 0.05) is 18.7 Å². The number of benzene rings is 1. The molecule has 0 saturated carbocycles. The molecule has 7 nitrogen and oxygen atoms in total. The molecular formula is C19H27NO6. The second kappa shape index (κ2) is 11.9. The third-order valence-corrected chi connectivity index (χ3v) is 3.82. The van der Waals surface area contributed by atoms with E-state index in [1.165, 1.54) is 14.2 Å². The van der Waals surface area contributed by atoms with Gasteiger partial charge in [-0.1, -0.05) is 13.3 Å². The maximum Gasteiger partial charge on any atom is 0.347 e. The van der Waals surface area contributed by atoms with Gasteiger partial charge in [0.2, 0.25) is 0 Å². The summed E-state index contributed by atoms with van der Waals surface area (Å²) in [6.07, 6.45) is 2.57. The minimum atomic E-state index is -0.893. The lowest BCUT2D eigenvalue weighted by Gasteiger charge is -2.14. The molecule has 0 aliphatic rings. The van der Waals surface area contributed by atoms with Crippen molar-refractivity contribution in [2.24, 2.45) is 0 Å². The Balaban J connectivity index is 2.37. The Morgan fingerprint density at radius 1 is 1.00 bits per heavy atom. The number of nitrogens with one attached hydrogen (secondary N) is 1. The van der Waals surface area contributed by atoms with Crippen molar-refractivity contribution in [2.45, 2.75) is 45.1 Å². The summed E-state index contributed by atoms with van der Waals surface area (Å²) in [6.45, 7) is 2.51. The maximum atomic E-state index is 12.1. The van der Waals surface area contributed by atoms with Gasteiger partial charge in [0.05, 0.1) is 19.8 Å². The Kier molecular flexibility index (Phi) is 9.82. The number of carbonyl (C=O) groups is 3. The first kappa shape index (κ1) is 21.5. The standard InChI is InChI=1S/C19H27NO6/c1-4-16(19(23)25-3)26-18(22)14-9-11-15(12-10-14)20-13-7-5-6-8-17(21)24-2/h9-12,16,20H,4-8,13H2,1-3H3. The second-order valence-electron chi connectivity index (χ2n) is 5.72. The zero-order valence-corrected chi connectivity index (χ0v) is 15.6. The topological polar surface area (TPSA) is 90.9 Å². The summed E-state index contributed by atoms with van der Waals surface area (Å²) in [4.78, 5) is 34.5. The van der Waals surface area contributed by atoms with Gasteiger partial charge in [0.1, 0.15) is 0 Å². The fraction of sp³-hybridized carbons (Fsp3) is 0.526. The average Bonchev–Trinajstić information content (AvgIpc) is 2.68. The predicted molar refractivity (Wildman–Crippen MR) is 96.9 cm³/mol. The zero-order valence-electron chi connectivity index (χ0n) is 15.6. The Hall–Kier alpha value is -2.57. The van der Waals surface area contributed by atoms with Gasteiger partial charge in [-0.05, 0) is 43.5 Å². The third-order valence-electron chi connectivity index (χ3n) is 3.82. The van der Waals surface area contributed by atoms with Crippen molar-refractivity contribution in [1.82, 2.24) is 0 Å². The summed E-state index contributed by atoms with van der Waals surface area (Å²) in [5, 5.41) is 3.25. The molecule has 0 fully saturated rings. The van der Waals surface area contributed by atoms with Crippen LogP contribution in [0.5, 0.6) is 0 Å². The number of rotatable bonds is 11. The molecule has 0 radical (unpaired) electrons. The Morgan fingerprint density at radius 3 is 2.27 bits per heavy atom. The van der Waals surface area contributed by atoms with E-state index in [0.29, 0.717) is 18.4 Å². The summed E-state index contributed by atoms with van der Waals surface area (Å²) in [7, 11) is 2.65. The Labute approximate surface area is 154 Å². The molecule has 1 aromatic rings. The molecular weight excluding hydrogens is 338 g/mol. The molecule has 0 spiro atoms. The quantitative estimate of drug-likeness (QED) is 0.366. The first-order chi connectivity index (χ1) is 12.5. The van der Waals surface area contributed by atoms with Gasteiger partial charge in [-0.15, -0.1) is 0 Å². The molecule has 1 unspecified atom stereocenters. The number of carbonyl (C=O) groups excluding carboxylic acids is 3. The minimum Gasteiger partial charge on any atom is -0.469 e. The number of methoxy groups -OCH3 is 2. The van der Waals surface area contributed by atoms with E-state index in [9.17, 15) is 14.4 Å². The van der Waals surface area contributed by atoms with Gasteiger partial charge < -0.3 is 19.5 Å². The lowest BCUT2D eigenvalue weighted by atomic mass is 10.2. The lowest BCUT2D eigenvalue weighted by molar-refractivity contribution is -0.151. The predicted octanol–water partition coefficient (Wildman–Crippen LogP) is 2.94. The minimum absolute atomic E-state index is 0.182. The molecule has 144 valence electrons. The van der Waals surface area contributed by atoms with E-state index in [1.807, 2.05) is 0 Å². The first-order valence-corrected chi connectivity index (χ1v) is 8.71. The zero-order chi connectivity index (χ0) is 19.4. The third kappa shape index (κ3) is 7.55. The largest absolute Gasteiger partial charge is 0.469 e. The highest BCUT2D eigenvalue weighted by atomic mass is 16.6. The van der Waals surface area contributed by atoms with Crippen LogP contribution < -0.4 is 5.32 Å². The van der Waals surface area contributed by atoms with Crippen molar-refractivity contribution < 1.29 is 28.6 Å². The van der Waals surface area contributed by atoms with Gasteiger partial charge in [-0.3, -0.25) is 4.79 Å². The van der Waals surface area contributed by atoms with Gasteiger partial charge in [-0.2, -0.15) is 0 Å². The number of anilines is 1. The summed E-state index contributed by atoms with van der Waals surface area (Å²) in [5.74, 6) is -1.30. The van der Waals surface area contributed by atoms with Crippen LogP contribution in [0.4, 0.5) is 5.69 Å². The second-order valence-corrected chi connectivity index (χ2v) is 5.72. The summed E-state index contributed by atoms with van der Waals surface area (Å²) < 4.78 is 14.3. The lowest BCUT2D eigenvalue weighted by Crippen LogP contribution is -2.27. The number of ether oxygens (including phenoxy) is 3. The van der Waals surface area contributed by atoms with Crippen LogP contribution in [0.1, 0.15) is 49.4 Å². The molecule has 1 N–H and O–H groups in total. The summed E-state index contributed by atoms with van der Waals surface area (Å²) >= 11 is 0. The molecule has 0 bridgehead atoms. The fourth-order valence-electron chi connectivity index (χ4n) is 2.26. The Bertz CT molecular complexity index is 584. The number of hydrogen-bond acceptors (Lipinski definition) is 7. The van der Waals surface area contributed by atoms with Crippen molar-refractivity contribution in [2.75, 3.05) is 26.1 Å². The summed E-state index contributed by atoms with van der Waals surface area (Å²) in [5.41, 5.74) is 1.26. The van der Waals surface area contributed by atoms with Gasteiger partial charge >= 0.3 is 17.9 Å². The van der Waals surface area contributed by atoms with Crippen LogP contribution >= 0.6 is 0 Å². The smallest absolute Gasteiger partial charge is 0.347 e. The van der Waals surface area contributed by atoms with E-state index in [-0.39, 0.29) is 5.97 Å². The fourth-order valence-corrected chi connectivity index (χ4v) is 2.26. The van der Waals surface area contributed by atoms with Crippen LogP contribution in [-0.2, 0) is 23.8 Å². The van der Waals surface area contributed by atoms with Crippen LogP contribution in [0, 0.1) is 0 Å². The van der Waals surface area contributed by atoms with E-state index in [2.05, 4.69) is 14.8 Å². The normalized spacial score (nSPS) is 11.3. The highest BCUT2D eigenvalue weighted by molar-refractivity contribution is 5.91. The van der Waals surface area contributed by atoms with E-state index in [0.717, 1.165) is 31.5 Å². The van der Waals surface area contributed by atoms with Crippen LogP contribution in [0.15, 0.2) is 24.3 Å². The molecule has 0 aliphatic heterocycles. The van der Waals surface area contributed by atoms with E-state index >= 15 is 0 Å². The van der Waals surface area contributed by atoms with E-state index in [1.54, 1.807) is 31.2 Å². The highest BCUT2D eigenvalue weighted by Gasteiger charge is 2.22. The number of hydrogen-bond donors (Lipinski definition) is 1. The molecule has 1 aromatic carbocycles. The van der Waals surface area contributed by atoms with Crippen LogP contribution in [0.25, 0.3) is 0 Å². The molecule has 26 heavy (non-hydrogen) atoms. The Morgan fingerprint density at radius 2 is 1.69 bits per heavy atom. The van der Waals surface area contributed by atoms with Gasteiger partial charge in [-0.25, -0.2) is 9.59 Å². The van der Waals surface area contributed by atoms with Crippen molar-refractivity contribution in [3.05, 3.63) is 29.8 Å². The molecule has 0 saturated heterocycles. The monoisotopic (exact) mass is 365 g/mol. The number of esters is 3. The molecule has 0 amide bonds. The highest BCUT2D eigenvalue weighted by Crippen LogP contribution is 2.13. The van der Waals surface area contributed by atoms with Crippen molar-refractivity contribution in [3.63, 3.8) is 0 Å². The van der Waals surface area contributed by atoms with Gasteiger partial charge in [0.15, 0.2) is 6.10 Å². The van der Waals surface area contributed by atoms with Crippen LogP contribution in [0.2, 0.25) is 0 Å². The average molecular weight is 365 g/mol. The summed E-state index contributed by atoms with van der Waals surface area (Å²) in [6, 6.07) is 6.85. The van der Waals surface area contributed by atoms with Crippen molar-refractivity contribution >= 4 is 23.6 Å².